The van der Waals surface area contributed by atoms with Crippen LogP contribution in [0.25, 0.3) is 0 Å². The molecular weight excluding hydrogens is 275 g/mol. The van der Waals surface area contributed by atoms with E-state index in [9.17, 15) is 4.79 Å². The molecule has 0 fully saturated rings. The molecule has 0 N–H and O–H groups in total. The molecule has 0 saturated heterocycles. The minimum absolute atomic E-state index is 0.00405. The highest BCUT2D eigenvalue weighted by molar-refractivity contribution is 9.10. The average molecular weight is 282 g/mol. The molecule has 0 aromatic heterocycles. The van der Waals surface area contributed by atoms with E-state index in [0.717, 1.165) is 0 Å². The maximum absolute atomic E-state index is 11.4. The van der Waals surface area contributed by atoms with Gasteiger partial charge in [-0.2, -0.15) is 0 Å². The third-order valence-electron chi connectivity index (χ3n) is 1.57. The summed E-state index contributed by atoms with van der Waals surface area (Å²) in [6.07, 6.45) is 0.334. The standard InChI is InChI=1S/C9H7BrCl2O/c10-9-6(8(13)4-5-11)2-1-3-7(9)12/h1-3H,4-5H2. The van der Waals surface area contributed by atoms with E-state index in [1.165, 1.54) is 0 Å². The fourth-order valence-electron chi connectivity index (χ4n) is 0.940. The van der Waals surface area contributed by atoms with Crippen molar-refractivity contribution in [3.8, 4) is 0 Å². The lowest BCUT2D eigenvalue weighted by atomic mass is 10.1. The molecule has 0 amide bonds. The number of ketones is 1. The Bertz CT molecular complexity index is 325. The van der Waals surface area contributed by atoms with E-state index in [1.807, 2.05) is 0 Å². The predicted molar refractivity (Wildman–Crippen MR) is 58.8 cm³/mol. The highest BCUT2D eigenvalue weighted by Crippen LogP contribution is 2.26. The number of carbonyl (C=O) groups is 1. The SMILES string of the molecule is O=C(CCCl)c1cccc(Cl)c1Br. The van der Waals surface area contributed by atoms with Gasteiger partial charge in [-0.1, -0.05) is 23.7 Å². The normalized spacial score (nSPS) is 10.1. The van der Waals surface area contributed by atoms with Crippen molar-refractivity contribution in [1.82, 2.24) is 0 Å². The second-order valence-corrected chi connectivity index (χ2v) is 4.04. The molecule has 0 unspecified atom stereocenters. The highest BCUT2D eigenvalue weighted by atomic mass is 79.9. The molecular formula is C9H7BrCl2O. The Morgan fingerprint density at radius 2 is 2.15 bits per heavy atom. The van der Waals surface area contributed by atoms with Gasteiger partial charge in [0.2, 0.25) is 0 Å². The Balaban J connectivity index is 3.01. The molecule has 1 aromatic carbocycles. The van der Waals surface area contributed by atoms with E-state index < -0.39 is 0 Å². The number of Topliss-reactive ketones (excluding diaryl/α,β-unsaturated/α-hetero) is 1. The lowest BCUT2D eigenvalue weighted by Gasteiger charge is -2.02. The van der Waals surface area contributed by atoms with Crippen LogP contribution in [0.15, 0.2) is 22.7 Å². The lowest BCUT2D eigenvalue weighted by Crippen LogP contribution is -2.00. The van der Waals surface area contributed by atoms with Crippen molar-refractivity contribution in [3.05, 3.63) is 33.3 Å². The summed E-state index contributed by atoms with van der Waals surface area (Å²) < 4.78 is 0.645. The van der Waals surface area contributed by atoms with Crippen molar-refractivity contribution in [2.45, 2.75) is 6.42 Å². The molecule has 0 spiro atoms. The van der Waals surface area contributed by atoms with Gasteiger partial charge in [-0.15, -0.1) is 11.6 Å². The van der Waals surface area contributed by atoms with Crippen LogP contribution in [-0.2, 0) is 0 Å². The zero-order valence-corrected chi connectivity index (χ0v) is 9.79. The molecule has 13 heavy (non-hydrogen) atoms. The van der Waals surface area contributed by atoms with Gasteiger partial charge in [-0.25, -0.2) is 0 Å². The van der Waals surface area contributed by atoms with Crippen LogP contribution in [-0.4, -0.2) is 11.7 Å². The van der Waals surface area contributed by atoms with Gasteiger partial charge in [0.15, 0.2) is 5.78 Å². The van der Waals surface area contributed by atoms with Gasteiger partial charge in [0.05, 0.1) is 5.02 Å². The lowest BCUT2D eigenvalue weighted by molar-refractivity contribution is 0.0988. The van der Waals surface area contributed by atoms with Crippen molar-refractivity contribution in [3.63, 3.8) is 0 Å². The van der Waals surface area contributed by atoms with Gasteiger partial charge in [0.25, 0.3) is 0 Å². The van der Waals surface area contributed by atoms with Crippen LogP contribution >= 0.6 is 39.1 Å². The summed E-state index contributed by atoms with van der Waals surface area (Å²) in [7, 11) is 0. The first kappa shape index (κ1) is 11.0. The summed E-state index contributed by atoms with van der Waals surface area (Å²) in [5.74, 6) is 0.335. The molecule has 0 aliphatic heterocycles. The molecule has 0 bridgehead atoms. The van der Waals surface area contributed by atoms with Gasteiger partial charge in [-0.05, 0) is 22.0 Å². The monoisotopic (exact) mass is 280 g/mol. The van der Waals surface area contributed by atoms with Crippen molar-refractivity contribution in [2.24, 2.45) is 0 Å². The minimum Gasteiger partial charge on any atom is -0.294 e. The maximum Gasteiger partial charge on any atom is 0.165 e. The summed E-state index contributed by atoms with van der Waals surface area (Å²) in [5, 5.41) is 0.542. The van der Waals surface area contributed by atoms with E-state index in [0.29, 0.717) is 27.4 Å². The molecule has 0 heterocycles. The minimum atomic E-state index is 0.00405. The fourth-order valence-corrected chi connectivity index (χ4v) is 1.77. The van der Waals surface area contributed by atoms with Gasteiger partial charge >= 0.3 is 0 Å². The number of alkyl halides is 1. The fraction of sp³-hybridized carbons (Fsp3) is 0.222. The highest BCUT2D eigenvalue weighted by Gasteiger charge is 2.10. The number of carbonyl (C=O) groups excluding carboxylic acids is 1. The molecule has 0 aliphatic carbocycles. The van der Waals surface area contributed by atoms with Gasteiger partial charge < -0.3 is 0 Å². The molecule has 70 valence electrons. The number of halogens is 3. The molecule has 1 rings (SSSR count). The smallest absolute Gasteiger partial charge is 0.165 e. The first-order valence-electron chi connectivity index (χ1n) is 3.70. The van der Waals surface area contributed by atoms with E-state index in [1.54, 1.807) is 18.2 Å². The first-order chi connectivity index (χ1) is 6.16. The van der Waals surface area contributed by atoms with E-state index in [2.05, 4.69) is 15.9 Å². The van der Waals surface area contributed by atoms with Crippen molar-refractivity contribution < 1.29 is 4.79 Å². The number of hydrogen-bond acceptors (Lipinski definition) is 1. The Morgan fingerprint density at radius 1 is 1.46 bits per heavy atom. The Hall–Kier alpha value is -0.0500. The van der Waals surface area contributed by atoms with Crippen LogP contribution in [0.1, 0.15) is 16.8 Å². The number of rotatable bonds is 3. The Morgan fingerprint density at radius 3 is 2.77 bits per heavy atom. The van der Waals surface area contributed by atoms with Crippen LogP contribution in [0.2, 0.25) is 5.02 Å². The molecule has 0 radical (unpaired) electrons. The molecule has 1 nitrogen and oxygen atoms in total. The number of hydrogen-bond donors (Lipinski definition) is 0. The van der Waals surface area contributed by atoms with Crippen molar-refractivity contribution in [1.29, 1.82) is 0 Å². The van der Waals surface area contributed by atoms with Gasteiger partial charge in [0.1, 0.15) is 0 Å². The van der Waals surface area contributed by atoms with E-state index in [-0.39, 0.29) is 5.78 Å². The van der Waals surface area contributed by atoms with Gasteiger partial charge in [0, 0.05) is 22.3 Å². The summed E-state index contributed by atoms with van der Waals surface area (Å²) in [5.41, 5.74) is 0.591. The maximum atomic E-state index is 11.4. The summed E-state index contributed by atoms with van der Waals surface area (Å²) in [6.45, 7) is 0. The Kier molecular flexibility index (Phi) is 4.23. The Labute approximate surface area is 95.2 Å². The topological polar surface area (TPSA) is 17.1 Å². The quantitative estimate of drug-likeness (QED) is 0.606. The first-order valence-corrected chi connectivity index (χ1v) is 5.40. The van der Waals surface area contributed by atoms with Crippen LogP contribution in [0, 0.1) is 0 Å². The molecule has 4 heteroatoms. The largest absolute Gasteiger partial charge is 0.294 e. The van der Waals surface area contributed by atoms with Crippen LogP contribution in [0.5, 0.6) is 0 Å². The van der Waals surface area contributed by atoms with E-state index in [4.69, 9.17) is 23.2 Å². The third kappa shape index (κ3) is 2.70. The number of benzene rings is 1. The predicted octanol–water partition coefficient (Wildman–Crippen LogP) is 3.91. The molecule has 0 atom stereocenters. The molecule has 1 aromatic rings. The zero-order chi connectivity index (χ0) is 9.84. The van der Waals surface area contributed by atoms with Crippen LogP contribution in [0.4, 0.5) is 0 Å². The summed E-state index contributed by atoms with van der Waals surface area (Å²) in [4.78, 5) is 11.4. The van der Waals surface area contributed by atoms with Gasteiger partial charge in [-0.3, -0.25) is 4.79 Å². The summed E-state index contributed by atoms with van der Waals surface area (Å²) in [6, 6.07) is 5.20. The molecule has 0 aliphatic rings. The third-order valence-corrected chi connectivity index (χ3v) is 3.16. The average Bonchev–Trinajstić information content (AvgIpc) is 2.10. The summed E-state index contributed by atoms with van der Waals surface area (Å²) >= 11 is 14.6. The van der Waals surface area contributed by atoms with Crippen LogP contribution < -0.4 is 0 Å². The second-order valence-electron chi connectivity index (χ2n) is 2.46. The van der Waals surface area contributed by atoms with E-state index >= 15 is 0 Å². The van der Waals surface area contributed by atoms with Crippen molar-refractivity contribution in [2.75, 3.05) is 5.88 Å². The van der Waals surface area contributed by atoms with Crippen molar-refractivity contribution >= 4 is 44.9 Å². The zero-order valence-electron chi connectivity index (χ0n) is 6.69. The second kappa shape index (κ2) is 4.99. The van der Waals surface area contributed by atoms with Crippen LogP contribution in [0.3, 0.4) is 0 Å². The molecule has 0 saturated carbocycles.